The lowest BCUT2D eigenvalue weighted by molar-refractivity contribution is -0.123. The Bertz CT molecular complexity index is 846. The lowest BCUT2D eigenvalue weighted by Crippen LogP contribution is -2.27. The zero-order valence-electron chi connectivity index (χ0n) is 13.8. The number of amides is 1. The van der Waals surface area contributed by atoms with Crippen molar-refractivity contribution in [2.45, 2.75) is 0 Å². The fourth-order valence-electron chi connectivity index (χ4n) is 1.93. The number of rotatable bonds is 7. The first kappa shape index (κ1) is 19.0. The first-order chi connectivity index (χ1) is 12.5. The number of halogens is 2. The fourth-order valence-corrected chi connectivity index (χ4v) is 1.93. The molecule has 0 unspecified atom stereocenters. The van der Waals surface area contributed by atoms with E-state index in [9.17, 15) is 13.6 Å². The van der Waals surface area contributed by atoms with E-state index in [1.807, 2.05) is 6.07 Å². The predicted octanol–water partition coefficient (Wildman–Crippen LogP) is 2.38. The molecule has 0 saturated carbocycles. The van der Waals surface area contributed by atoms with Crippen molar-refractivity contribution in [3.05, 3.63) is 65.2 Å². The molecular formula is C18H15F2N3O3. The van der Waals surface area contributed by atoms with Crippen LogP contribution < -0.4 is 10.2 Å². The largest absolute Gasteiger partial charge is 0.484 e. The van der Waals surface area contributed by atoms with Gasteiger partial charge in [-0.25, -0.2) is 14.2 Å². The van der Waals surface area contributed by atoms with Crippen molar-refractivity contribution < 1.29 is 23.0 Å². The highest BCUT2D eigenvalue weighted by Gasteiger charge is 2.10. The summed E-state index contributed by atoms with van der Waals surface area (Å²) >= 11 is 0. The van der Waals surface area contributed by atoms with Crippen molar-refractivity contribution in [3.8, 4) is 11.8 Å². The smallest absolute Gasteiger partial charge is 0.277 e. The van der Waals surface area contributed by atoms with Crippen LogP contribution in [0.4, 0.5) is 8.78 Å². The van der Waals surface area contributed by atoms with Gasteiger partial charge in [0.25, 0.3) is 5.91 Å². The summed E-state index contributed by atoms with van der Waals surface area (Å²) in [6, 6.07) is 11.5. The molecule has 2 aromatic rings. The van der Waals surface area contributed by atoms with E-state index < -0.39 is 17.5 Å². The monoisotopic (exact) mass is 359 g/mol. The van der Waals surface area contributed by atoms with Crippen molar-refractivity contribution in [2.75, 3.05) is 20.3 Å². The summed E-state index contributed by atoms with van der Waals surface area (Å²) in [5, 5.41) is 12.6. The molecule has 134 valence electrons. The number of nitrogens with one attached hydrogen (secondary N) is 1. The van der Waals surface area contributed by atoms with E-state index in [0.29, 0.717) is 11.3 Å². The zero-order valence-corrected chi connectivity index (χ0v) is 13.8. The molecule has 1 amide bonds. The number of hydrogen-bond donors (Lipinski definition) is 1. The second-order valence-electron chi connectivity index (χ2n) is 5.08. The van der Waals surface area contributed by atoms with Crippen molar-refractivity contribution in [1.29, 1.82) is 5.26 Å². The second-order valence-corrected chi connectivity index (χ2v) is 5.08. The second kappa shape index (κ2) is 9.25. The molecule has 26 heavy (non-hydrogen) atoms. The first-order valence-corrected chi connectivity index (χ1v) is 7.46. The fraction of sp³-hybridized carbons (Fsp3) is 0.167. The van der Waals surface area contributed by atoms with Gasteiger partial charge in [0.05, 0.1) is 24.0 Å². The highest BCUT2D eigenvalue weighted by molar-refractivity contribution is 6.02. The van der Waals surface area contributed by atoms with Gasteiger partial charge in [0, 0.05) is 12.7 Å². The minimum absolute atomic E-state index is 0.0121. The molecule has 0 aromatic heterocycles. The van der Waals surface area contributed by atoms with Crippen LogP contribution in [-0.2, 0) is 9.53 Å². The lowest BCUT2D eigenvalue weighted by Gasteiger charge is -2.08. The molecular weight excluding hydrogens is 344 g/mol. The van der Waals surface area contributed by atoms with Gasteiger partial charge in [-0.15, -0.1) is 0 Å². The van der Waals surface area contributed by atoms with E-state index in [4.69, 9.17) is 14.7 Å². The van der Waals surface area contributed by atoms with Gasteiger partial charge >= 0.3 is 0 Å². The Morgan fingerprint density at radius 1 is 1.15 bits per heavy atom. The maximum absolute atomic E-state index is 13.3. The summed E-state index contributed by atoms with van der Waals surface area (Å²) < 4.78 is 36.6. The Morgan fingerprint density at radius 3 is 2.50 bits per heavy atom. The molecule has 0 aliphatic heterocycles. The van der Waals surface area contributed by atoms with Gasteiger partial charge in [0.15, 0.2) is 18.2 Å². The Morgan fingerprint density at radius 2 is 1.88 bits per heavy atom. The van der Waals surface area contributed by atoms with Crippen LogP contribution in [-0.4, -0.2) is 31.9 Å². The number of nitrogens with zero attached hydrogens (tertiary/aromatic N) is 2. The number of nitriles is 1. The number of benzene rings is 2. The van der Waals surface area contributed by atoms with Gasteiger partial charge in [-0.05, 0) is 42.5 Å². The van der Waals surface area contributed by atoms with Gasteiger partial charge in [0.2, 0.25) is 0 Å². The summed E-state index contributed by atoms with van der Waals surface area (Å²) in [5.41, 5.74) is 3.24. The lowest BCUT2D eigenvalue weighted by atomic mass is 10.1. The zero-order chi connectivity index (χ0) is 18.9. The summed E-state index contributed by atoms with van der Waals surface area (Å²) in [6.45, 7) is -0.324. The van der Waals surface area contributed by atoms with E-state index in [0.717, 1.165) is 12.1 Å². The van der Waals surface area contributed by atoms with E-state index in [1.54, 1.807) is 24.3 Å². The summed E-state index contributed by atoms with van der Waals surface area (Å²) in [7, 11) is 1.41. The average Bonchev–Trinajstić information content (AvgIpc) is 2.66. The molecule has 0 atom stereocenters. The van der Waals surface area contributed by atoms with Crippen LogP contribution in [0.2, 0.25) is 0 Å². The Balaban J connectivity index is 1.98. The number of hydrogen-bond acceptors (Lipinski definition) is 5. The standard InChI is InChI=1S/C18H15F2N3O3/c1-25-10-17(13-4-7-15(19)16(20)8-13)22-23-18(24)11-26-14-5-2-12(9-21)3-6-14/h2-8H,10-11H2,1H3,(H,23,24)/b22-17+. The van der Waals surface area contributed by atoms with Crippen molar-refractivity contribution >= 4 is 11.6 Å². The first-order valence-electron chi connectivity index (χ1n) is 7.46. The van der Waals surface area contributed by atoms with E-state index in [1.165, 1.54) is 13.2 Å². The Labute approximate surface area is 148 Å². The van der Waals surface area contributed by atoms with Gasteiger partial charge in [-0.1, -0.05) is 0 Å². The molecule has 0 saturated heterocycles. The third kappa shape index (κ3) is 5.36. The summed E-state index contributed by atoms with van der Waals surface area (Å²) in [5.74, 6) is -2.14. The van der Waals surface area contributed by atoms with Crippen molar-refractivity contribution in [2.24, 2.45) is 5.10 Å². The van der Waals surface area contributed by atoms with E-state index in [2.05, 4.69) is 10.5 Å². The average molecular weight is 359 g/mol. The normalized spacial score (nSPS) is 10.9. The Kier molecular flexibility index (Phi) is 6.76. The van der Waals surface area contributed by atoms with Crippen LogP contribution in [0.25, 0.3) is 0 Å². The summed E-state index contributed by atoms with van der Waals surface area (Å²) in [4.78, 5) is 11.8. The highest BCUT2D eigenvalue weighted by atomic mass is 19.2. The van der Waals surface area contributed by atoms with Gasteiger partial charge in [-0.2, -0.15) is 10.4 Å². The summed E-state index contributed by atoms with van der Waals surface area (Å²) in [6.07, 6.45) is 0. The number of ether oxygens (including phenoxy) is 2. The molecule has 0 aliphatic rings. The highest BCUT2D eigenvalue weighted by Crippen LogP contribution is 2.12. The van der Waals surface area contributed by atoms with E-state index >= 15 is 0 Å². The van der Waals surface area contributed by atoms with Crippen LogP contribution in [0.1, 0.15) is 11.1 Å². The predicted molar refractivity (Wildman–Crippen MR) is 89.6 cm³/mol. The third-order valence-corrected chi connectivity index (χ3v) is 3.20. The molecule has 0 bridgehead atoms. The van der Waals surface area contributed by atoms with E-state index in [-0.39, 0.29) is 24.5 Å². The maximum atomic E-state index is 13.3. The van der Waals surface area contributed by atoms with Crippen LogP contribution in [0.15, 0.2) is 47.6 Å². The molecule has 1 N–H and O–H groups in total. The molecule has 0 fully saturated rings. The molecule has 0 heterocycles. The van der Waals surface area contributed by atoms with Crippen LogP contribution in [0.3, 0.4) is 0 Å². The molecule has 0 aliphatic carbocycles. The molecule has 2 rings (SSSR count). The number of hydrazone groups is 1. The van der Waals surface area contributed by atoms with Crippen molar-refractivity contribution in [3.63, 3.8) is 0 Å². The minimum atomic E-state index is -1.03. The number of carbonyl (C=O) groups is 1. The molecule has 0 radical (unpaired) electrons. The van der Waals surface area contributed by atoms with Gasteiger partial charge < -0.3 is 9.47 Å². The molecule has 6 nitrogen and oxygen atoms in total. The maximum Gasteiger partial charge on any atom is 0.277 e. The quantitative estimate of drug-likeness (QED) is 0.608. The molecule has 8 heteroatoms. The number of methoxy groups -OCH3 is 1. The van der Waals surface area contributed by atoms with Gasteiger partial charge in [0.1, 0.15) is 5.75 Å². The van der Waals surface area contributed by atoms with Crippen molar-refractivity contribution in [1.82, 2.24) is 5.43 Å². The SMILES string of the molecule is COC/C(=N\NC(=O)COc1ccc(C#N)cc1)c1ccc(F)c(F)c1. The number of carbonyl (C=O) groups excluding carboxylic acids is 1. The van der Waals surface area contributed by atoms with Crippen LogP contribution in [0, 0.1) is 23.0 Å². The third-order valence-electron chi connectivity index (χ3n) is 3.20. The molecule has 0 spiro atoms. The topological polar surface area (TPSA) is 83.7 Å². The minimum Gasteiger partial charge on any atom is -0.484 e. The molecule has 2 aromatic carbocycles. The van der Waals surface area contributed by atoms with Crippen LogP contribution >= 0.6 is 0 Å². The Hall–Kier alpha value is -3.31. The van der Waals surface area contributed by atoms with Gasteiger partial charge in [-0.3, -0.25) is 4.79 Å². The van der Waals surface area contributed by atoms with Crippen LogP contribution in [0.5, 0.6) is 5.75 Å².